The topological polar surface area (TPSA) is 26.5 Å². The third-order valence-corrected chi connectivity index (χ3v) is 5.13. The Labute approximate surface area is 140 Å². The number of benzene rings is 1. The summed E-state index contributed by atoms with van der Waals surface area (Å²) < 4.78 is 9.17. The van der Waals surface area contributed by atoms with E-state index in [0.717, 1.165) is 32.7 Å². The average molecular weight is 410 g/mol. The first-order valence-electron chi connectivity index (χ1n) is 6.56. The Morgan fingerprint density at radius 2 is 1.90 bits per heavy atom. The van der Waals surface area contributed by atoms with Crippen molar-refractivity contribution in [1.82, 2.24) is 9.38 Å². The normalized spacial score (nSPS) is 11.0. The van der Waals surface area contributed by atoms with Crippen molar-refractivity contribution in [1.29, 1.82) is 0 Å². The third-order valence-electron chi connectivity index (χ3n) is 3.34. The third kappa shape index (κ3) is 2.72. The van der Waals surface area contributed by atoms with E-state index in [4.69, 9.17) is 4.74 Å². The lowest BCUT2D eigenvalue weighted by Crippen LogP contribution is -1.93. The van der Waals surface area contributed by atoms with Crippen LogP contribution in [-0.4, -0.2) is 9.38 Å². The van der Waals surface area contributed by atoms with E-state index in [1.165, 1.54) is 0 Å². The van der Waals surface area contributed by atoms with Gasteiger partial charge in [-0.05, 0) is 49.2 Å². The molecule has 0 aliphatic carbocycles. The Kier molecular flexibility index (Phi) is 4.04. The molecule has 0 unspecified atom stereocenters. The standard InChI is InChI=1S/C16H14Br2N2O/c1-10-7-12(8-11(2)15(10)18)21-16-13(9-17)20-6-4-3-5-14(20)19-16/h3-8H,9H2,1-2H3. The smallest absolute Gasteiger partial charge is 0.242 e. The molecule has 0 amide bonds. The van der Waals surface area contributed by atoms with E-state index in [9.17, 15) is 0 Å². The number of rotatable bonds is 3. The fourth-order valence-electron chi connectivity index (χ4n) is 2.31. The number of hydrogen-bond donors (Lipinski definition) is 0. The van der Waals surface area contributed by atoms with Gasteiger partial charge in [0.1, 0.15) is 11.4 Å². The highest BCUT2D eigenvalue weighted by Gasteiger charge is 2.13. The molecule has 0 aliphatic heterocycles. The average Bonchev–Trinajstić information content (AvgIpc) is 2.81. The second-order valence-electron chi connectivity index (χ2n) is 4.90. The second-order valence-corrected chi connectivity index (χ2v) is 6.25. The van der Waals surface area contributed by atoms with Crippen molar-refractivity contribution < 1.29 is 4.74 Å². The number of alkyl halides is 1. The zero-order valence-electron chi connectivity index (χ0n) is 11.7. The van der Waals surface area contributed by atoms with Crippen molar-refractivity contribution in [2.45, 2.75) is 19.2 Å². The summed E-state index contributed by atoms with van der Waals surface area (Å²) in [6.45, 7) is 4.11. The van der Waals surface area contributed by atoms with Crippen molar-refractivity contribution in [3.05, 3.63) is 57.8 Å². The van der Waals surface area contributed by atoms with Gasteiger partial charge in [0, 0.05) is 16.0 Å². The van der Waals surface area contributed by atoms with Crippen LogP contribution >= 0.6 is 31.9 Å². The molecule has 0 atom stereocenters. The fourth-order valence-corrected chi connectivity index (χ4v) is 3.04. The lowest BCUT2D eigenvalue weighted by molar-refractivity contribution is 0.461. The maximum Gasteiger partial charge on any atom is 0.242 e. The Morgan fingerprint density at radius 1 is 1.19 bits per heavy atom. The van der Waals surface area contributed by atoms with Crippen LogP contribution in [0.1, 0.15) is 16.8 Å². The van der Waals surface area contributed by atoms with Crippen LogP contribution in [0.25, 0.3) is 5.65 Å². The van der Waals surface area contributed by atoms with Gasteiger partial charge in [-0.25, -0.2) is 0 Å². The molecule has 0 spiro atoms. The summed E-state index contributed by atoms with van der Waals surface area (Å²) in [5.74, 6) is 1.44. The molecule has 0 radical (unpaired) electrons. The Morgan fingerprint density at radius 3 is 2.57 bits per heavy atom. The molecular weight excluding hydrogens is 396 g/mol. The van der Waals surface area contributed by atoms with Crippen molar-refractivity contribution in [2.75, 3.05) is 0 Å². The van der Waals surface area contributed by atoms with Gasteiger partial charge in [-0.2, -0.15) is 4.98 Å². The van der Waals surface area contributed by atoms with Gasteiger partial charge < -0.3 is 4.74 Å². The van der Waals surface area contributed by atoms with Gasteiger partial charge >= 0.3 is 0 Å². The minimum atomic E-state index is 0.638. The predicted octanol–water partition coefficient (Wildman–Crippen LogP) is 5.40. The molecular formula is C16H14Br2N2O. The van der Waals surface area contributed by atoms with E-state index in [-0.39, 0.29) is 0 Å². The Balaban J connectivity index is 2.06. The number of aromatic nitrogens is 2. The fraction of sp³-hybridized carbons (Fsp3) is 0.188. The number of halogens is 2. The van der Waals surface area contributed by atoms with Crippen molar-refractivity contribution >= 4 is 37.5 Å². The van der Waals surface area contributed by atoms with Crippen LogP contribution in [-0.2, 0) is 5.33 Å². The molecule has 21 heavy (non-hydrogen) atoms. The lowest BCUT2D eigenvalue weighted by atomic mass is 10.1. The zero-order chi connectivity index (χ0) is 15.0. The van der Waals surface area contributed by atoms with E-state index >= 15 is 0 Å². The number of imidazole rings is 1. The van der Waals surface area contributed by atoms with E-state index < -0.39 is 0 Å². The molecule has 0 aliphatic rings. The summed E-state index contributed by atoms with van der Waals surface area (Å²) in [5.41, 5.74) is 4.18. The highest BCUT2D eigenvalue weighted by atomic mass is 79.9. The van der Waals surface area contributed by atoms with Crippen molar-refractivity contribution in [3.8, 4) is 11.6 Å². The summed E-state index contributed by atoms with van der Waals surface area (Å²) in [5, 5.41) is 0.683. The van der Waals surface area contributed by atoms with Gasteiger partial charge in [0.2, 0.25) is 5.88 Å². The van der Waals surface area contributed by atoms with Gasteiger partial charge in [-0.15, -0.1) is 0 Å². The molecule has 3 nitrogen and oxygen atoms in total. The van der Waals surface area contributed by atoms with Crippen LogP contribution in [0.4, 0.5) is 0 Å². The quantitative estimate of drug-likeness (QED) is 0.541. The van der Waals surface area contributed by atoms with Crippen LogP contribution in [0, 0.1) is 13.8 Å². The van der Waals surface area contributed by atoms with Crippen LogP contribution in [0.15, 0.2) is 41.0 Å². The monoisotopic (exact) mass is 408 g/mol. The van der Waals surface area contributed by atoms with Gasteiger partial charge in [0.15, 0.2) is 0 Å². The number of ether oxygens (including phenoxy) is 1. The summed E-state index contributed by atoms with van der Waals surface area (Å²) in [6, 6.07) is 9.95. The highest BCUT2D eigenvalue weighted by Crippen LogP contribution is 2.31. The lowest BCUT2D eigenvalue weighted by Gasteiger charge is -2.09. The number of hydrogen-bond acceptors (Lipinski definition) is 2. The molecule has 3 aromatic rings. The van der Waals surface area contributed by atoms with Gasteiger partial charge in [-0.3, -0.25) is 4.40 Å². The second kappa shape index (κ2) is 5.81. The predicted molar refractivity (Wildman–Crippen MR) is 91.5 cm³/mol. The summed E-state index contributed by atoms with van der Waals surface area (Å²) >= 11 is 7.09. The molecule has 3 rings (SSSR count). The molecule has 0 saturated heterocycles. The largest absolute Gasteiger partial charge is 0.437 e. The molecule has 1 aromatic carbocycles. The molecule has 0 bridgehead atoms. The minimum absolute atomic E-state index is 0.638. The van der Waals surface area contributed by atoms with E-state index in [1.54, 1.807) is 0 Å². The highest BCUT2D eigenvalue weighted by molar-refractivity contribution is 9.10. The first kappa shape index (κ1) is 14.6. The van der Waals surface area contributed by atoms with Gasteiger partial charge in [0.05, 0.1) is 5.69 Å². The minimum Gasteiger partial charge on any atom is -0.437 e. The number of fused-ring (bicyclic) bond motifs is 1. The Bertz CT molecular complexity index is 788. The molecule has 108 valence electrons. The van der Waals surface area contributed by atoms with Gasteiger partial charge in [-0.1, -0.05) is 37.9 Å². The molecule has 0 saturated carbocycles. The van der Waals surface area contributed by atoms with E-state index in [1.807, 2.05) is 40.9 Å². The van der Waals surface area contributed by atoms with Crippen LogP contribution in [0.5, 0.6) is 11.6 Å². The molecule has 5 heteroatoms. The zero-order valence-corrected chi connectivity index (χ0v) is 14.9. The summed E-state index contributed by atoms with van der Waals surface area (Å²) in [4.78, 5) is 4.56. The maximum absolute atomic E-state index is 6.02. The van der Waals surface area contributed by atoms with Crippen LogP contribution in [0.3, 0.4) is 0 Å². The SMILES string of the molecule is Cc1cc(Oc2nc3ccccn3c2CBr)cc(C)c1Br. The molecule has 0 N–H and O–H groups in total. The number of aryl methyl sites for hydroxylation is 2. The van der Waals surface area contributed by atoms with Crippen molar-refractivity contribution in [2.24, 2.45) is 0 Å². The van der Waals surface area contributed by atoms with Gasteiger partial charge in [0.25, 0.3) is 0 Å². The van der Waals surface area contributed by atoms with Crippen LogP contribution < -0.4 is 4.74 Å². The first-order valence-corrected chi connectivity index (χ1v) is 8.48. The van der Waals surface area contributed by atoms with E-state index in [0.29, 0.717) is 11.2 Å². The Hall–Kier alpha value is -1.33. The summed E-state index contributed by atoms with van der Waals surface area (Å²) in [6.07, 6.45) is 1.99. The maximum atomic E-state index is 6.02. The summed E-state index contributed by atoms with van der Waals surface area (Å²) in [7, 11) is 0. The molecule has 2 aromatic heterocycles. The molecule has 2 heterocycles. The van der Waals surface area contributed by atoms with Crippen LogP contribution in [0.2, 0.25) is 0 Å². The first-order chi connectivity index (χ1) is 10.1. The van der Waals surface area contributed by atoms with Crippen molar-refractivity contribution in [3.63, 3.8) is 0 Å². The number of nitrogens with zero attached hydrogens (tertiary/aromatic N) is 2. The number of pyridine rings is 1. The van der Waals surface area contributed by atoms with E-state index in [2.05, 4.69) is 50.7 Å². The molecule has 0 fully saturated rings.